The number of ether oxygens (including phenoxy) is 5. The number of hydrogen-bond acceptors (Lipinski definition) is 9. The number of likely N-dealkylation sites (tertiary alicyclic amines) is 1. The fourth-order valence-electron chi connectivity index (χ4n) is 5.23. The van der Waals surface area contributed by atoms with E-state index in [2.05, 4.69) is 11.0 Å². The third-order valence-electron chi connectivity index (χ3n) is 7.31. The van der Waals surface area contributed by atoms with Crippen molar-refractivity contribution in [1.29, 1.82) is 0 Å². The maximum Gasteiger partial charge on any atom is 0.407 e. The van der Waals surface area contributed by atoms with Crippen molar-refractivity contribution >= 4 is 11.8 Å². The van der Waals surface area contributed by atoms with Crippen molar-refractivity contribution in [3.8, 4) is 11.5 Å². The van der Waals surface area contributed by atoms with Gasteiger partial charge in [-0.1, -0.05) is 18.2 Å². The summed E-state index contributed by atoms with van der Waals surface area (Å²) in [5.74, 6) is 1.21. The minimum absolute atomic E-state index is 0.108. The number of amides is 1. The van der Waals surface area contributed by atoms with Crippen LogP contribution >= 0.6 is 0 Å². The molecule has 1 fully saturated rings. The first-order chi connectivity index (χ1) is 19.4. The number of methoxy groups -OCH3 is 2. The topological polar surface area (TPSA) is 130 Å². The van der Waals surface area contributed by atoms with Gasteiger partial charge in [-0.05, 0) is 41.8 Å². The van der Waals surface area contributed by atoms with Gasteiger partial charge >= 0.3 is 6.09 Å². The van der Waals surface area contributed by atoms with E-state index in [4.69, 9.17) is 23.7 Å². The number of hydrogen-bond donors (Lipinski definition) is 3. The standard InChI is InChI=1S/C29H40N2O9/c1-36-12-3-10-30-11-13-38-25-9-4-20(14-24(25)30)18-39-26-15-31(29(34)35)16-27(40-19-22(33)17-32)28(26)21-5-7-23(37-2)8-6-21/h4-9,14,22,26-28,32-33H,3,10-13,15-19H2,1-2H3,(H,34,35)/t22-,26+,27-,28-/m1/s1. The first-order valence-corrected chi connectivity index (χ1v) is 13.6. The average molecular weight is 561 g/mol. The number of nitrogens with zero attached hydrogens (tertiary/aromatic N) is 2. The molecule has 0 bridgehead atoms. The van der Waals surface area contributed by atoms with Gasteiger partial charge in [0.05, 0.1) is 64.5 Å². The number of rotatable bonds is 13. The number of benzene rings is 2. The predicted octanol–water partition coefficient (Wildman–Crippen LogP) is 2.33. The Balaban J connectivity index is 1.56. The highest BCUT2D eigenvalue weighted by Crippen LogP contribution is 2.36. The van der Waals surface area contributed by atoms with Crippen molar-refractivity contribution < 1.29 is 43.8 Å². The molecule has 0 aromatic heterocycles. The van der Waals surface area contributed by atoms with E-state index in [0.29, 0.717) is 19.0 Å². The third-order valence-corrected chi connectivity index (χ3v) is 7.31. The molecule has 0 unspecified atom stereocenters. The number of fused-ring (bicyclic) bond motifs is 1. The van der Waals surface area contributed by atoms with Crippen molar-refractivity contribution in [2.24, 2.45) is 0 Å². The fourth-order valence-corrected chi connectivity index (χ4v) is 5.23. The van der Waals surface area contributed by atoms with E-state index >= 15 is 0 Å². The molecule has 40 heavy (non-hydrogen) atoms. The van der Waals surface area contributed by atoms with Gasteiger partial charge in [0.15, 0.2) is 0 Å². The summed E-state index contributed by atoms with van der Waals surface area (Å²) >= 11 is 0. The molecule has 0 radical (unpaired) electrons. The van der Waals surface area contributed by atoms with Gasteiger partial charge in [0.25, 0.3) is 0 Å². The normalized spacial score (nSPS) is 21.4. The maximum atomic E-state index is 12.0. The Kier molecular flexibility index (Phi) is 10.8. The molecule has 1 saturated heterocycles. The van der Waals surface area contributed by atoms with Crippen LogP contribution in [0.4, 0.5) is 10.5 Å². The molecule has 0 spiro atoms. The minimum Gasteiger partial charge on any atom is -0.497 e. The first-order valence-electron chi connectivity index (χ1n) is 13.6. The molecule has 220 valence electrons. The summed E-state index contributed by atoms with van der Waals surface area (Å²) in [5, 5.41) is 29.0. The van der Waals surface area contributed by atoms with Gasteiger partial charge in [0.2, 0.25) is 0 Å². The molecule has 11 nitrogen and oxygen atoms in total. The average Bonchev–Trinajstić information content (AvgIpc) is 2.98. The van der Waals surface area contributed by atoms with Crippen LogP contribution in [0.25, 0.3) is 0 Å². The molecule has 4 atom stereocenters. The Morgan fingerprint density at radius 1 is 1.10 bits per heavy atom. The molecule has 11 heteroatoms. The zero-order chi connectivity index (χ0) is 28.5. The van der Waals surface area contributed by atoms with E-state index in [1.807, 2.05) is 36.4 Å². The van der Waals surface area contributed by atoms with E-state index in [1.165, 1.54) is 4.90 Å². The lowest BCUT2D eigenvalue weighted by atomic mass is 9.84. The maximum absolute atomic E-state index is 12.0. The van der Waals surface area contributed by atoms with Crippen molar-refractivity contribution in [3.63, 3.8) is 0 Å². The van der Waals surface area contributed by atoms with Crippen LogP contribution in [0.1, 0.15) is 23.5 Å². The van der Waals surface area contributed by atoms with E-state index in [1.54, 1.807) is 14.2 Å². The Morgan fingerprint density at radius 2 is 1.85 bits per heavy atom. The third kappa shape index (κ3) is 7.55. The SMILES string of the molecule is COCCCN1CCOc2ccc(CO[C@H]3CN(C(=O)O)C[C@@H](OC[C@H](O)CO)[C@@H]3c3ccc(OC)cc3)cc21. The monoisotopic (exact) mass is 560 g/mol. The second-order valence-electron chi connectivity index (χ2n) is 10.0. The lowest BCUT2D eigenvalue weighted by Crippen LogP contribution is -2.54. The van der Waals surface area contributed by atoms with Gasteiger partial charge in [-0.25, -0.2) is 4.79 Å². The van der Waals surface area contributed by atoms with Crippen LogP contribution in [0.5, 0.6) is 11.5 Å². The van der Waals surface area contributed by atoms with Crippen LogP contribution in [0.15, 0.2) is 42.5 Å². The molecule has 2 heterocycles. The van der Waals surface area contributed by atoms with Crippen molar-refractivity contribution in [2.45, 2.75) is 37.3 Å². The minimum atomic E-state index is -1.07. The van der Waals surface area contributed by atoms with Crippen LogP contribution < -0.4 is 14.4 Å². The molecule has 2 aromatic carbocycles. The zero-order valence-electron chi connectivity index (χ0n) is 23.1. The number of carbonyl (C=O) groups is 1. The smallest absolute Gasteiger partial charge is 0.407 e. The van der Waals surface area contributed by atoms with Gasteiger partial charge in [0, 0.05) is 26.2 Å². The van der Waals surface area contributed by atoms with Crippen molar-refractivity contribution in [3.05, 3.63) is 53.6 Å². The number of carboxylic acid groups (broad SMARTS) is 1. The molecule has 2 aliphatic rings. The Labute approximate surface area is 234 Å². The molecule has 1 amide bonds. The molecule has 2 aliphatic heterocycles. The zero-order valence-corrected chi connectivity index (χ0v) is 23.1. The summed E-state index contributed by atoms with van der Waals surface area (Å²) in [6.07, 6.45) is -2.37. The van der Waals surface area contributed by atoms with Crippen LogP contribution in [0, 0.1) is 0 Å². The number of aliphatic hydroxyl groups excluding tert-OH is 2. The van der Waals surface area contributed by atoms with Gasteiger partial charge in [0.1, 0.15) is 24.2 Å². The van der Waals surface area contributed by atoms with E-state index < -0.39 is 31.0 Å². The molecule has 4 rings (SSSR count). The molecule has 0 aliphatic carbocycles. The van der Waals surface area contributed by atoms with Gasteiger partial charge in [-0.2, -0.15) is 0 Å². The molecule has 3 N–H and O–H groups in total. The van der Waals surface area contributed by atoms with E-state index in [0.717, 1.165) is 42.1 Å². The van der Waals surface area contributed by atoms with Crippen LogP contribution in [0.2, 0.25) is 0 Å². The van der Waals surface area contributed by atoms with Gasteiger partial charge in [-0.15, -0.1) is 0 Å². The molecule has 2 aromatic rings. The van der Waals surface area contributed by atoms with Gasteiger partial charge < -0.3 is 48.8 Å². The number of anilines is 1. The molecular weight excluding hydrogens is 520 g/mol. The summed E-state index contributed by atoms with van der Waals surface area (Å²) in [7, 11) is 3.29. The predicted molar refractivity (Wildman–Crippen MR) is 147 cm³/mol. The highest BCUT2D eigenvalue weighted by molar-refractivity contribution is 5.65. The second-order valence-corrected chi connectivity index (χ2v) is 10.0. The summed E-state index contributed by atoms with van der Waals surface area (Å²) in [4.78, 5) is 15.6. The number of piperidine rings is 1. The fraction of sp³-hybridized carbons (Fsp3) is 0.552. The van der Waals surface area contributed by atoms with Crippen molar-refractivity contribution in [1.82, 2.24) is 4.90 Å². The summed E-state index contributed by atoms with van der Waals surface area (Å²) in [6, 6.07) is 13.5. The Hall–Kier alpha value is -3.09. The summed E-state index contributed by atoms with van der Waals surface area (Å²) in [5.41, 5.74) is 2.85. The van der Waals surface area contributed by atoms with Crippen LogP contribution in [-0.2, 0) is 20.8 Å². The summed E-state index contributed by atoms with van der Waals surface area (Å²) in [6.45, 7) is 2.89. The summed E-state index contributed by atoms with van der Waals surface area (Å²) < 4.78 is 28.8. The lowest BCUT2D eigenvalue weighted by Gasteiger charge is -2.43. The van der Waals surface area contributed by atoms with Crippen LogP contribution in [0.3, 0.4) is 0 Å². The highest BCUT2D eigenvalue weighted by Gasteiger charge is 2.41. The Bertz CT molecular complexity index is 1080. The van der Waals surface area contributed by atoms with Crippen molar-refractivity contribution in [2.75, 3.05) is 71.7 Å². The Morgan fingerprint density at radius 3 is 2.52 bits per heavy atom. The second kappa shape index (κ2) is 14.5. The molecule has 0 saturated carbocycles. The van der Waals surface area contributed by atoms with E-state index in [-0.39, 0.29) is 32.2 Å². The molecular formula is C29H40N2O9. The highest BCUT2D eigenvalue weighted by atomic mass is 16.5. The number of aliphatic hydroxyl groups is 2. The van der Waals surface area contributed by atoms with Crippen LogP contribution in [-0.4, -0.2) is 111 Å². The lowest BCUT2D eigenvalue weighted by molar-refractivity contribution is -0.106. The first kappa shape index (κ1) is 29.9. The largest absolute Gasteiger partial charge is 0.497 e. The van der Waals surface area contributed by atoms with Gasteiger partial charge in [-0.3, -0.25) is 0 Å². The quantitative estimate of drug-likeness (QED) is 0.314. The van der Waals surface area contributed by atoms with E-state index in [9.17, 15) is 20.1 Å².